The maximum Gasteiger partial charge on any atom is 0.222 e. The topological polar surface area (TPSA) is 46.3 Å². The minimum Gasteiger partial charge on any atom is -0.342 e. The third-order valence-corrected chi connectivity index (χ3v) is 4.30. The predicted octanol–water partition coefficient (Wildman–Crippen LogP) is 2.68. The molecule has 1 heterocycles. The van der Waals surface area contributed by atoms with Gasteiger partial charge in [-0.25, -0.2) is 0 Å². The van der Waals surface area contributed by atoms with Gasteiger partial charge in [-0.3, -0.25) is 4.79 Å². The molecule has 0 spiro atoms. The molecular formula is C14H29ClN2O. The van der Waals surface area contributed by atoms with E-state index in [0.717, 1.165) is 19.5 Å². The quantitative estimate of drug-likeness (QED) is 0.861. The van der Waals surface area contributed by atoms with E-state index in [1.165, 1.54) is 0 Å². The second-order valence-electron chi connectivity index (χ2n) is 6.62. The highest BCUT2D eigenvalue weighted by Gasteiger charge is 2.35. The Morgan fingerprint density at radius 2 is 1.94 bits per heavy atom. The molecule has 108 valence electrons. The van der Waals surface area contributed by atoms with Crippen LogP contribution in [-0.4, -0.2) is 29.9 Å². The summed E-state index contributed by atoms with van der Waals surface area (Å²) in [5.41, 5.74) is 6.14. The van der Waals surface area contributed by atoms with Crippen LogP contribution in [-0.2, 0) is 4.79 Å². The number of carbonyl (C=O) groups is 1. The van der Waals surface area contributed by atoms with Crippen LogP contribution < -0.4 is 5.73 Å². The predicted molar refractivity (Wildman–Crippen MR) is 78.8 cm³/mol. The molecule has 1 fully saturated rings. The molecule has 2 N–H and O–H groups in total. The first kappa shape index (κ1) is 17.7. The zero-order valence-electron chi connectivity index (χ0n) is 12.4. The lowest BCUT2D eigenvalue weighted by Gasteiger charge is -2.43. The zero-order valence-corrected chi connectivity index (χ0v) is 13.2. The van der Waals surface area contributed by atoms with Gasteiger partial charge in [0.1, 0.15) is 0 Å². The highest BCUT2D eigenvalue weighted by atomic mass is 35.5. The molecule has 0 aliphatic carbocycles. The van der Waals surface area contributed by atoms with Gasteiger partial charge >= 0.3 is 0 Å². The number of hydrogen-bond acceptors (Lipinski definition) is 2. The summed E-state index contributed by atoms with van der Waals surface area (Å²) in [5.74, 6) is 1.33. The number of likely N-dealkylation sites (tertiary alicyclic amines) is 1. The second kappa shape index (κ2) is 6.76. The van der Waals surface area contributed by atoms with Crippen LogP contribution in [0, 0.1) is 17.3 Å². The average molecular weight is 277 g/mol. The lowest BCUT2D eigenvalue weighted by Crippen LogP contribution is -2.54. The Labute approximate surface area is 118 Å². The Balaban J connectivity index is 0.00000289. The molecule has 1 saturated heterocycles. The van der Waals surface area contributed by atoms with Crippen molar-refractivity contribution in [1.82, 2.24) is 4.90 Å². The fraction of sp³-hybridized carbons (Fsp3) is 0.929. The number of piperidine rings is 1. The van der Waals surface area contributed by atoms with Gasteiger partial charge in [-0.05, 0) is 23.7 Å². The number of rotatable bonds is 3. The first-order chi connectivity index (χ1) is 7.74. The largest absolute Gasteiger partial charge is 0.342 e. The van der Waals surface area contributed by atoms with Gasteiger partial charge in [0.2, 0.25) is 5.91 Å². The molecule has 0 saturated carbocycles. The molecule has 0 aromatic heterocycles. The van der Waals surface area contributed by atoms with Gasteiger partial charge in [0, 0.05) is 25.6 Å². The van der Waals surface area contributed by atoms with E-state index in [0.29, 0.717) is 24.2 Å². The van der Waals surface area contributed by atoms with E-state index in [-0.39, 0.29) is 23.9 Å². The molecule has 1 aliphatic heterocycles. The van der Waals surface area contributed by atoms with Crippen molar-refractivity contribution in [3.63, 3.8) is 0 Å². The van der Waals surface area contributed by atoms with E-state index in [1.807, 2.05) is 4.90 Å². The lowest BCUT2D eigenvalue weighted by molar-refractivity contribution is -0.135. The summed E-state index contributed by atoms with van der Waals surface area (Å²) in [5, 5.41) is 0. The smallest absolute Gasteiger partial charge is 0.222 e. The van der Waals surface area contributed by atoms with Crippen LogP contribution in [0.1, 0.15) is 47.5 Å². The standard InChI is InChI=1S/C14H28N2O.ClH/c1-10(2)11(3)8-13(17)16-7-6-12(15)14(4,5)9-16;/h10-12H,6-9,15H2,1-5H3;1H. The van der Waals surface area contributed by atoms with E-state index in [4.69, 9.17) is 5.73 Å². The SMILES string of the molecule is CC(C)C(C)CC(=O)N1CCC(N)C(C)(C)C1.Cl. The Hall–Kier alpha value is -0.280. The summed E-state index contributed by atoms with van der Waals surface area (Å²) >= 11 is 0. The number of hydrogen-bond donors (Lipinski definition) is 1. The number of nitrogens with two attached hydrogens (primary N) is 1. The minimum absolute atomic E-state index is 0. The van der Waals surface area contributed by atoms with Gasteiger partial charge < -0.3 is 10.6 Å². The van der Waals surface area contributed by atoms with E-state index in [9.17, 15) is 4.79 Å². The Kier molecular flexibility index (Phi) is 6.66. The molecule has 0 aromatic rings. The van der Waals surface area contributed by atoms with Crippen molar-refractivity contribution in [2.24, 2.45) is 23.0 Å². The van der Waals surface area contributed by atoms with Gasteiger partial charge in [-0.2, -0.15) is 0 Å². The normalized spacial score (nSPS) is 24.6. The van der Waals surface area contributed by atoms with Crippen molar-refractivity contribution in [3.05, 3.63) is 0 Å². The van der Waals surface area contributed by atoms with Crippen LogP contribution >= 0.6 is 12.4 Å². The fourth-order valence-corrected chi connectivity index (χ4v) is 2.23. The summed E-state index contributed by atoms with van der Waals surface area (Å²) in [4.78, 5) is 14.2. The van der Waals surface area contributed by atoms with Crippen molar-refractivity contribution >= 4 is 18.3 Å². The molecule has 1 aliphatic rings. The van der Waals surface area contributed by atoms with Crippen LogP contribution in [0.15, 0.2) is 0 Å². The van der Waals surface area contributed by atoms with Gasteiger partial charge in [0.05, 0.1) is 0 Å². The third-order valence-electron chi connectivity index (χ3n) is 4.30. The highest BCUT2D eigenvalue weighted by molar-refractivity contribution is 5.85. The van der Waals surface area contributed by atoms with Crippen LogP contribution in [0.2, 0.25) is 0 Å². The Morgan fingerprint density at radius 1 is 1.39 bits per heavy atom. The molecule has 1 rings (SSSR count). The van der Waals surface area contributed by atoms with Crippen molar-refractivity contribution in [3.8, 4) is 0 Å². The molecule has 0 bridgehead atoms. The number of halogens is 1. The summed E-state index contributed by atoms with van der Waals surface area (Å²) in [6, 6.07) is 0.217. The molecule has 1 amide bonds. The maximum absolute atomic E-state index is 12.2. The molecular weight excluding hydrogens is 248 g/mol. The molecule has 4 heteroatoms. The fourth-order valence-electron chi connectivity index (χ4n) is 2.23. The first-order valence-electron chi connectivity index (χ1n) is 6.77. The molecule has 2 atom stereocenters. The first-order valence-corrected chi connectivity index (χ1v) is 6.77. The summed E-state index contributed by atoms with van der Waals surface area (Å²) in [7, 11) is 0. The lowest BCUT2D eigenvalue weighted by atomic mass is 9.79. The van der Waals surface area contributed by atoms with Gasteiger partial charge in [-0.15, -0.1) is 12.4 Å². The van der Waals surface area contributed by atoms with Crippen LogP contribution in [0.25, 0.3) is 0 Å². The Morgan fingerprint density at radius 3 is 2.39 bits per heavy atom. The van der Waals surface area contributed by atoms with Gasteiger partial charge in [0.25, 0.3) is 0 Å². The van der Waals surface area contributed by atoms with Crippen LogP contribution in [0.3, 0.4) is 0 Å². The third kappa shape index (κ3) is 4.43. The summed E-state index contributed by atoms with van der Waals surface area (Å²) in [6.45, 7) is 12.4. The van der Waals surface area contributed by atoms with Gasteiger partial charge in [-0.1, -0.05) is 34.6 Å². The van der Waals surface area contributed by atoms with E-state index < -0.39 is 0 Å². The number of carbonyl (C=O) groups excluding carboxylic acids is 1. The summed E-state index contributed by atoms with van der Waals surface area (Å²) < 4.78 is 0. The van der Waals surface area contributed by atoms with Gasteiger partial charge in [0.15, 0.2) is 0 Å². The van der Waals surface area contributed by atoms with Crippen LogP contribution in [0.5, 0.6) is 0 Å². The minimum atomic E-state index is 0. The number of nitrogens with zero attached hydrogens (tertiary/aromatic N) is 1. The molecule has 2 unspecified atom stereocenters. The zero-order chi connectivity index (χ0) is 13.2. The van der Waals surface area contributed by atoms with E-state index >= 15 is 0 Å². The van der Waals surface area contributed by atoms with E-state index in [1.54, 1.807) is 0 Å². The van der Waals surface area contributed by atoms with Crippen molar-refractivity contribution in [2.45, 2.75) is 53.5 Å². The van der Waals surface area contributed by atoms with Crippen molar-refractivity contribution < 1.29 is 4.79 Å². The molecule has 0 radical (unpaired) electrons. The average Bonchev–Trinajstić information content (AvgIpc) is 2.21. The monoisotopic (exact) mass is 276 g/mol. The van der Waals surface area contributed by atoms with Crippen molar-refractivity contribution in [1.29, 1.82) is 0 Å². The van der Waals surface area contributed by atoms with Crippen LogP contribution in [0.4, 0.5) is 0 Å². The van der Waals surface area contributed by atoms with E-state index in [2.05, 4.69) is 34.6 Å². The molecule has 0 aromatic carbocycles. The van der Waals surface area contributed by atoms with Crippen molar-refractivity contribution in [2.75, 3.05) is 13.1 Å². The molecule has 3 nitrogen and oxygen atoms in total. The Bertz CT molecular complexity index is 279. The maximum atomic E-state index is 12.2. The number of amides is 1. The second-order valence-corrected chi connectivity index (χ2v) is 6.62. The molecule has 18 heavy (non-hydrogen) atoms. The summed E-state index contributed by atoms with van der Waals surface area (Å²) in [6.07, 6.45) is 1.60. The highest BCUT2D eigenvalue weighted by Crippen LogP contribution is 2.28.